The van der Waals surface area contributed by atoms with Crippen LogP contribution >= 0.6 is 15.9 Å². The summed E-state index contributed by atoms with van der Waals surface area (Å²) in [5.41, 5.74) is 2.28. The molecular weight excluding hydrogens is 295 g/mol. The zero-order chi connectivity index (χ0) is 12.5. The fourth-order valence-electron chi connectivity index (χ4n) is 2.31. The number of benzene rings is 2. The molecule has 3 rings (SSSR count). The average Bonchev–Trinajstić information content (AvgIpc) is 2.82. The van der Waals surface area contributed by atoms with Gasteiger partial charge in [0.1, 0.15) is 11.6 Å². The molecule has 2 aromatic rings. The molecule has 2 atom stereocenters. The first-order valence-corrected chi connectivity index (χ1v) is 6.78. The highest BCUT2D eigenvalue weighted by Crippen LogP contribution is 2.45. The SMILES string of the molecule is Fc1ccc(C(Br)C2COc3ccccc32)cc1. The largest absolute Gasteiger partial charge is 0.493 e. The van der Waals surface area contributed by atoms with Gasteiger partial charge in [-0.15, -0.1) is 0 Å². The molecule has 1 aliphatic rings. The third-order valence-corrected chi connectivity index (χ3v) is 4.45. The van der Waals surface area contributed by atoms with E-state index in [1.165, 1.54) is 17.7 Å². The Morgan fingerprint density at radius 2 is 1.83 bits per heavy atom. The summed E-state index contributed by atoms with van der Waals surface area (Å²) in [5, 5.41) is 0. The minimum atomic E-state index is -0.207. The van der Waals surface area contributed by atoms with Crippen molar-refractivity contribution in [1.29, 1.82) is 0 Å². The number of rotatable bonds is 2. The lowest BCUT2D eigenvalue weighted by Crippen LogP contribution is -2.07. The third-order valence-electron chi connectivity index (χ3n) is 3.28. The van der Waals surface area contributed by atoms with Gasteiger partial charge in [-0.25, -0.2) is 4.39 Å². The van der Waals surface area contributed by atoms with E-state index in [1.54, 1.807) is 0 Å². The quantitative estimate of drug-likeness (QED) is 0.745. The summed E-state index contributed by atoms with van der Waals surface area (Å²) >= 11 is 3.70. The van der Waals surface area contributed by atoms with Crippen molar-refractivity contribution in [3.05, 3.63) is 65.5 Å². The minimum absolute atomic E-state index is 0.141. The van der Waals surface area contributed by atoms with Gasteiger partial charge in [0, 0.05) is 16.3 Å². The van der Waals surface area contributed by atoms with Gasteiger partial charge in [0.2, 0.25) is 0 Å². The molecule has 0 fully saturated rings. The molecule has 2 aromatic carbocycles. The molecule has 18 heavy (non-hydrogen) atoms. The van der Waals surface area contributed by atoms with E-state index in [0.29, 0.717) is 6.61 Å². The summed E-state index contributed by atoms with van der Waals surface area (Å²) in [4.78, 5) is 0.141. The smallest absolute Gasteiger partial charge is 0.123 e. The molecule has 1 heterocycles. The second-order valence-electron chi connectivity index (χ2n) is 4.41. The zero-order valence-corrected chi connectivity index (χ0v) is 11.2. The van der Waals surface area contributed by atoms with Crippen LogP contribution in [0.25, 0.3) is 0 Å². The molecule has 0 spiro atoms. The van der Waals surface area contributed by atoms with Gasteiger partial charge < -0.3 is 4.74 Å². The maximum absolute atomic E-state index is 12.9. The molecule has 3 heteroatoms. The predicted molar refractivity (Wildman–Crippen MR) is 72.7 cm³/mol. The Bertz CT molecular complexity index is 553. The van der Waals surface area contributed by atoms with E-state index in [9.17, 15) is 4.39 Å². The molecule has 2 unspecified atom stereocenters. The number of ether oxygens (including phenoxy) is 1. The molecule has 0 radical (unpaired) electrons. The summed E-state index contributed by atoms with van der Waals surface area (Å²) in [5.74, 6) is 1.02. The van der Waals surface area contributed by atoms with Crippen LogP contribution in [0.1, 0.15) is 21.9 Å². The molecule has 0 saturated heterocycles. The highest BCUT2D eigenvalue weighted by molar-refractivity contribution is 9.09. The highest BCUT2D eigenvalue weighted by Gasteiger charge is 2.30. The topological polar surface area (TPSA) is 9.23 Å². The maximum Gasteiger partial charge on any atom is 0.123 e. The lowest BCUT2D eigenvalue weighted by atomic mass is 9.94. The second-order valence-corrected chi connectivity index (χ2v) is 5.40. The Hall–Kier alpha value is -1.35. The van der Waals surface area contributed by atoms with Crippen LogP contribution in [0.2, 0.25) is 0 Å². The number of halogens is 2. The predicted octanol–water partition coefficient (Wildman–Crippen LogP) is 4.44. The first-order valence-electron chi connectivity index (χ1n) is 5.87. The van der Waals surface area contributed by atoms with E-state index < -0.39 is 0 Å². The van der Waals surface area contributed by atoms with Crippen LogP contribution in [0.15, 0.2) is 48.5 Å². The van der Waals surface area contributed by atoms with Crippen molar-refractivity contribution in [1.82, 2.24) is 0 Å². The van der Waals surface area contributed by atoms with Crippen LogP contribution in [-0.4, -0.2) is 6.61 Å². The Balaban J connectivity index is 1.90. The molecule has 0 bridgehead atoms. The van der Waals surface area contributed by atoms with E-state index in [-0.39, 0.29) is 16.6 Å². The van der Waals surface area contributed by atoms with Crippen molar-refractivity contribution in [3.8, 4) is 5.75 Å². The van der Waals surface area contributed by atoms with Crippen molar-refractivity contribution >= 4 is 15.9 Å². The molecule has 1 nitrogen and oxygen atoms in total. The average molecular weight is 307 g/mol. The Morgan fingerprint density at radius 3 is 2.61 bits per heavy atom. The van der Waals surface area contributed by atoms with Gasteiger partial charge >= 0.3 is 0 Å². The lowest BCUT2D eigenvalue weighted by Gasteiger charge is -2.17. The van der Waals surface area contributed by atoms with Gasteiger partial charge in [0.15, 0.2) is 0 Å². The van der Waals surface area contributed by atoms with Crippen molar-refractivity contribution in [2.24, 2.45) is 0 Å². The van der Waals surface area contributed by atoms with Crippen LogP contribution in [0, 0.1) is 5.82 Å². The molecule has 1 aliphatic heterocycles. The fourth-order valence-corrected chi connectivity index (χ4v) is 3.05. The van der Waals surface area contributed by atoms with Crippen LogP contribution in [-0.2, 0) is 0 Å². The molecule has 0 aromatic heterocycles. The van der Waals surface area contributed by atoms with E-state index in [4.69, 9.17) is 4.74 Å². The first-order chi connectivity index (χ1) is 8.75. The summed E-state index contributed by atoms with van der Waals surface area (Å²) in [6.45, 7) is 0.659. The van der Waals surface area contributed by atoms with Gasteiger partial charge in [-0.3, -0.25) is 0 Å². The molecule has 0 saturated carbocycles. The normalized spacial score (nSPS) is 19.1. The summed E-state index contributed by atoms with van der Waals surface area (Å²) < 4.78 is 18.6. The van der Waals surface area contributed by atoms with E-state index in [1.807, 2.05) is 30.3 Å². The summed E-state index contributed by atoms with van der Waals surface area (Å²) in [7, 11) is 0. The van der Waals surface area contributed by atoms with E-state index >= 15 is 0 Å². The van der Waals surface area contributed by atoms with Crippen molar-refractivity contribution in [3.63, 3.8) is 0 Å². The Morgan fingerprint density at radius 1 is 1.11 bits per heavy atom. The van der Waals surface area contributed by atoms with E-state index in [2.05, 4.69) is 22.0 Å². The zero-order valence-electron chi connectivity index (χ0n) is 9.64. The fraction of sp³-hybridized carbons (Fsp3) is 0.200. The van der Waals surface area contributed by atoms with Crippen molar-refractivity contribution in [2.45, 2.75) is 10.7 Å². The van der Waals surface area contributed by atoms with Gasteiger partial charge in [0.25, 0.3) is 0 Å². The molecule has 0 aliphatic carbocycles. The van der Waals surface area contributed by atoms with Crippen LogP contribution in [0.4, 0.5) is 4.39 Å². The maximum atomic E-state index is 12.9. The lowest BCUT2D eigenvalue weighted by molar-refractivity contribution is 0.329. The molecular formula is C15H12BrFO. The molecule has 0 N–H and O–H groups in total. The minimum Gasteiger partial charge on any atom is -0.493 e. The number of fused-ring (bicyclic) bond motifs is 1. The number of hydrogen-bond acceptors (Lipinski definition) is 1. The standard InChI is InChI=1S/C15H12BrFO/c16-15(10-5-7-11(17)8-6-10)13-9-18-14-4-2-1-3-12(13)14/h1-8,13,15H,9H2. The van der Waals surface area contributed by atoms with Crippen molar-refractivity contribution < 1.29 is 9.13 Å². The highest BCUT2D eigenvalue weighted by atomic mass is 79.9. The van der Waals surface area contributed by atoms with E-state index in [0.717, 1.165) is 11.3 Å². The number of hydrogen-bond donors (Lipinski definition) is 0. The number of alkyl halides is 1. The van der Waals surface area contributed by atoms with Crippen LogP contribution < -0.4 is 4.74 Å². The van der Waals surface area contributed by atoms with Gasteiger partial charge in [0.05, 0.1) is 6.61 Å². The Labute approximate surface area is 114 Å². The first kappa shape index (κ1) is 11.7. The monoisotopic (exact) mass is 306 g/mol. The molecule has 92 valence electrons. The summed E-state index contributed by atoms with van der Waals surface area (Å²) in [6, 6.07) is 14.7. The van der Waals surface area contributed by atoms with Crippen molar-refractivity contribution in [2.75, 3.05) is 6.61 Å². The second kappa shape index (κ2) is 4.73. The summed E-state index contributed by atoms with van der Waals surface area (Å²) in [6.07, 6.45) is 0. The third kappa shape index (κ3) is 2.03. The van der Waals surface area contributed by atoms with Gasteiger partial charge in [-0.05, 0) is 23.8 Å². The van der Waals surface area contributed by atoms with Gasteiger partial charge in [-0.1, -0.05) is 46.3 Å². The van der Waals surface area contributed by atoms with Crippen LogP contribution in [0.5, 0.6) is 5.75 Å². The molecule has 0 amide bonds. The van der Waals surface area contributed by atoms with Crippen LogP contribution in [0.3, 0.4) is 0 Å². The number of para-hydroxylation sites is 1. The Kier molecular flexibility index (Phi) is 3.08. The van der Waals surface area contributed by atoms with Gasteiger partial charge in [-0.2, -0.15) is 0 Å².